The Balaban J connectivity index is 1.70. The largest absolute Gasteiger partial charge is 0.496 e. The van der Waals surface area contributed by atoms with Crippen molar-refractivity contribution in [3.05, 3.63) is 29.3 Å². The first-order valence-electron chi connectivity index (χ1n) is 9.64. The first-order valence-corrected chi connectivity index (χ1v) is 11.5. The summed E-state index contributed by atoms with van der Waals surface area (Å²) in [6.45, 7) is 1.45. The second-order valence-corrected chi connectivity index (χ2v) is 9.80. The molecular weight excluding hydrogens is 382 g/mol. The Morgan fingerprint density at radius 3 is 2.46 bits per heavy atom. The van der Waals surface area contributed by atoms with E-state index in [1.165, 1.54) is 7.11 Å². The van der Waals surface area contributed by atoms with Gasteiger partial charge >= 0.3 is 5.97 Å². The molecule has 1 heterocycles. The summed E-state index contributed by atoms with van der Waals surface area (Å²) in [5.74, 6) is -0.463. The first kappa shape index (κ1) is 20.6. The standard InChI is InChI=1S/C20H27NO6S/c1-14-7-8-18(26-2)17(11-14)20(23)27-12-19(22)21(15-5-3-4-6-15)16-9-10-28(24,25)13-16/h7-8,11,15-16H,3-6,9-10,12-13H2,1-2H3/t16-/m1/s1. The van der Waals surface area contributed by atoms with Gasteiger partial charge in [0.25, 0.3) is 5.91 Å². The number of sulfone groups is 1. The highest BCUT2D eigenvalue weighted by Gasteiger charge is 2.39. The summed E-state index contributed by atoms with van der Waals surface area (Å²) in [4.78, 5) is 27.1. The molecule has 1 aliphatic carbocycles. The lowest BCUT2D eigenvalue weighted by Crippen LogP contribution is -2.48. The summed E-state index contributed by atoms with van der Waals surface area (Å²) in [6.07, 6.45) is 4.22. The Labute approximate surface area is 165 Å². The number of rotatable bonds is 6. The fourth-order valence-corrected chi connectivity index (χ4v) is 5.85. The molecule has 2 fully saturated rings. The van der Waals surface area contributed by atoms with Crippen LogP contribution in [0.15, 0.2) is 18.2 Å². The maximum atomic E-state index is 12.9. The third kappa shape index (κ3) is 4.66. The van der Waals surface area contributed by atoms with Gasteiger partial charge in [-0.25, -0.2) is 13.2 Å². The van der Waals surface area contributed by atoms with Crippen molar-refractivity contribution in [1.29, 1.82) is 0 Å². The third-order valence-electron chi connectivity index (χ3n) is 5.51. The number of amides is 1. The van der Waals surface area contributed by atoms with Crippen LogP contribution in [-0.4, -0.2) is 62.5 Å². The van der Waals surface area contributed by atoms with E-state index in [1.54, 1.807) is 17.0 Å². The lowest BCUT2D eigenvalue weighted by Gasteiger charge is -2.33. The van der Waals surface area contributed by atoms with E-state index >= 15 is 0 Å². The number of ether oxygens (including phenoxy) is 2. The summed E-state index contributed by atoms with van der Waals surface area (Å²) in [5, 5.41) is 0. The number of carbonyl (C=O) groups excluding carboxylic acids is 2. The quantitative estimate of drug-likeness (QED) is 0.669. The van der Waals surface area contributed by atoms with Crippen LogP contribution in [0.2, 0.25) is 0 Å². The lowest BCUT2D eigenvalue weighted by molar-refractivity contribution is -0.139. The molecule has 154 valence electrons. The molecule has 3 rings (SSSR count). The molecule has 8 heteroatoms. The monoisotopic (exact) mass is 409 g/mol. The van der Waals surface area contributed by atoms with E-state index in [0.29, 0.717) is 12.2 Å². The summed E-state index contributed by atoms with van der Waals surface area (Å²) in [5.41, 5.74) is 1.15. The zero-order chi connectivity index (χ0) is 20.3. The average molecular weight is 410 g/mol. The Morgan fingerprint density at radius 2 is 1.86 bits per heavy atom. The summed E-state index contributed by atoms with van der Waals surface area (Å²) in [7, 11) is -1.64. The number of carbonyl (C=O) groups is 2. The van der Waals surface area contributed by atoms with Crippen LogP contribution in [0.5, 0.6) is 5.75 Å². The molecule has 1 aromatic carbocycles. The molecule has 0 bridgehead atoms. The normalized spacial score (nSPS) is 21.4. The van der Waals surface area contributed by atoms with Crippen LogP contribution in [0.1, 0.15) is 48.0 Å². The second-order valence-electron chi connectivity index (χ2n) is 7.58. The minimum atomic E-state index is -3.11. The van der Waals surface area contributed by atoms with Gasteiger partial charge in [0, 0.05) is 12.1 Å². The van der Waals surface area contributed by atoms with E-state index in [2.05, 4.69) is 0 Å². The number of hydrogen-bond acceptors (Lipinski definition) is 6. The van der Waals surface area contributed by atoms with Crippen LogP contribution in [0.3, 0.4) is 0 Å². The predicted molar refractivity (Wildman–Crippen MR) is 104 cm³/mol. The zero-order valence-corrected chi connectivity index (χ0v) is 17.2. The molecule has 1 amide bonds. The van der Waals surface area contributed by atoms with Crippen LogP contribution >= 0.6 is 0 Å². The van der Waals surface area contributed by atoms with Gasteiger partial charge in [0.1, 0.15) is 11.3 Å². The molecule has 0 aromatic heterocycles. The first-order chi connectivity index (χ1) is 13.3. The van der Waals surface area contributed by atoms with Crippen LogP contribution in [0.25, 0.3) is 0 Å². The van der Waals surface area contributed by atoms with Crippen molar-refractivity contribution in [3.63, 3.8) is 0 Å². The highest BCUT2D eigenvalue weighted by molar-refractivity contribution is 7.91. The summed E-state index contributed by atoms with van der Waals surface area (Å²) in [6, 6.07) is 4.86. The van der Waals surface area contributed by atoms with Gasteiger partial charge in [-0.15, -0.1) is 0 Å². The van der Waals surface area contributed by atoms with E-state index < -0.39 is 22.4 Å². The molecule has 1 saturated heterocycles. The van der Waals surface area contributed by atoms with Gasteiger partial charge in [-0.1, -0.05) is 24.5 Å². The minimum absolute atomic E-state index is 0.00507. The maximum Gasteiger partial charge on any atom is 0.342 e. The third-order valence-corrected chi connectivity index (χ3v) is 7.26. The summed E-state index contributed by atoms with van der Waals surface area (Å²) >= 11 is 0. The molecule has 7 nitrogen and oxygen atoms in total. The van der Waals surface area contributed by atoms with Crippen molar-refractivity contribution in [2.75, 3.05) is 25.2 Å². The van der Waals surface area contributed by atoms with Gasteiger partial charge < -0.3 is 14.4 Å². The van der Waals surface area contributed by atoms with E-state index in [0.717, 1.165) is 31.2 Å². The number of nitrogens with zero attached hydrogens (tertiary/aromatic N) is 1. The molecule has 1 aliphatic heterocycles. The van der Waals surface area contributed by atoms with Crippen molar-refractivity contribution in [3.8, 4) is 5.75 Å². The van der Waals surface area contributed by atoms with E-state index in [4.69, 9.17) is 9.47 Å². The van der Waals surface area contributed by atoms with Gasteiger partial charge in [0.05, 0.1) is 18.6 Å². The van der Waals surface area contributed by atoms with Crippen LogP contribution in [0.4, 0.5) is 0 Å². The number of methoxy groups -OCH3 is 1. The van der Waals surface area contributed by atoms with E-state index in [1.807, 2.05) is 13.0 Å². The van der Waals surface area contributed by atoms with Gasteiger partial charge in [0.2, 0.25) is 0 Å². The lowest BCUT2D eigenvalue weighted by atomic mass is 10.1. The minimum Gasteiger partial charge on any atom is -0.496 e. The molecular formula is C20H27NO6S. The van der Waals surface area contributed by atoms with Crippen LogP contribution in [-0.2, 0) is 19.4 Å². The molecule has 0 radical (unpaired) electrons. The predicted octanol–water partition coefficient (Wildman–Crippen LogP) is 2.12. The smallest absolute Gasteiger partial charge is 0.342 e. The molecule has 0 N–H and O–H groups in total. The fourth-order valence-electron chi connectivity index (χ4n) is 4.14. The highest BCUT2D eigenvalue weighted by atomic mass is 32.2. The van der Waals surface area contributed by atoms with Crippen molar-refractivity contribution in [2.24, 2.45) is 0 Å². The van der Waals surface area contributed by atoms with Gasteiger partial charge in [-0.3, -0.25) is 4.79 Å². The Kier molecular flexibility index (Phi) is 6.27. The highest BCUT2D eigenvalue weighted by Crippen LogP contribution is 2.29. The van der Waals surface area contributed by atoms with Crippen LogP contribution in [0, 0.1) is 6.92 Å². The number of aryl methyl sites for hydroxylation is 1. The van der Waals surface area contributed by atoms with Crippen molar-refractivity contribution >= 4 is 21.7 Å². The molecule has 1 saturated carbocycles. The van der Waals surface area contributed by atoms with E-state index in [-0.39, 0.29) is 35.1 Å². The molecule has 2 aliphatic rings. The van der Waals surface area contributed by atoms with Crippen molar-refractivity contribution in [1.82, 2.24) is 4.90 Å². The fraction of sp³-hybridized carbons (Fsp3) is 0.600. The van der Waals surface area contributed by atoms with Crippen molar-refractivity contribution in [2.45, 2.75) is 51.1 Å². The SMILES string of the molecule is COc1ccc(C)cc1C(=O)OCC(=O)N(C1CCCC1)[C@@H]1CCS(=O)(=O)C1. The Morgan fingerprint density at radius 1 is 1.14 bits per heavy atom. The topological polar surface area (TPSA) is 90.0 Å². The number of esters is 1. The molecule has 1 aromatic rings. The van der Waals surface area contributed by atoms with Gasteiger partial charge in [0.15, 0.2) is 16.4 Å². The molecule has 0 unspecified atom stereocenters. The van der Waals surface area contributed by atoms with Gasteiger partial charge in [-0.2, -0.15) is 0 Å². The summed E-state index contributed by atoms with van der Waals surface area (Å²) < 4.78 is 34.3. The Hall–Kier alpha value is -2.09. The van der Waals surface area contributed by atoms with Crippen LogP contribution < -0.4 is 4.74 Å². The molecule has 28 heavy (non-hydrogen) atoms. The van der Waals surface area contributed by atoms with E-state index in [9.17, 15) is 18.0 Å². The molecule has 0 spiro atoms. The zero-order valence-electron chi connectivity index (χ0n) is 16.3. The van der Waals surface area contributed by atoms with Crippen molar-refractivity contribution < 1.29 is 27.5 Å². The second kappa shape index (κ2) is 8.51. The maximum absolute atomic E-state index is 12.9. The molecule has 1 atom stereocenters. The Bertz CT molecular complexity index is 844. The number of hydrogen-bond donors (Lipinski definition) is 0. The average Bonchev–Trinajstić information content (AvgIpc) is 3.30. The van der Waals surface area contributed by atoms with Gasteiger partial charge in [-0.05, 0) is 38.3 Å². The number of benzene rings is 1.